The number of aliphatic hydroxyl groups is 1. The molecule has 0 heterocycles. The van der Waals surface area contributed by atoms with Crippen LogP contribution in [0.4, 0.5) is 0 Å². The zero-order valence-corrected chi connectivity index (χ0v) is 8.40. The topological polar surface area (TPSA) is 63.6 Å². The molecule has 0 aromatic heterocycles. The molecule has 0 fully saturated rings. The normalized spacial score (nSPS) is 9.73. The summed E-state index contributed by atoms with van der Waals surface area (Å²) in [5.41, 5.74) is 1.25. The Morgan fingerprint density at radius 2 is 2.27 bits per heavy atom. The molecule has 1 aromatic carbocycles. The molecule has 0 saturated carbocycles. The number of esters is 1. The van der Waals surface area contributed by atoms with E-state index in [4.69, 9.17) is 9.84 Å². The average molecular weight is 208 g/mol. The predicted octanol–water partition coefficient (Wildman–Crippen LogP) is 1.10. The number of aldehydes is 1. The highest BCUT2D eigenvalue weighted by atomic mass is 16.5. The van der Waals surface area contributed by atoms with Gasteiger partial charge >= 0.3 is 5.97 Å². The molecule has 0 bridgehead atoms. The van der Waals surface area contributed by atoms with Crippen LogP contribution in [0.5, 0.6) is 5.75 Å². The second-order valence-electron chi connectivity index (χ2n) is 3.09. The molecule has 80 valence electrons. The van der Waals surface area contributed by atoms with E-state index in [2.05, 4.69) is 0 Å². The van der Waals surface area contributed by atoms with Crippen LogP contribution in [0.1, 0.15) is 22.3 Å². The summed E-state index contributed by atoms with van der Waals surface area (Å²) in [5, 5.41) is 8.52. The van der Waals surface area contributed by atoms with Gasteiger partial charge in [-0.15, -0.1) is 0 Å². The van der Waals surface area contributed by atoms with Crippen LogP contribution in [0.2, 0.25) is 0 Å². The third kappa shape index (κ3) is 3.18. The van der Waals surface area contributed by atoms with Crippen molar-refractivity contribution in [1.29, 1.82) is 0 Å². The van der Waals surface area contributed by atoms with E-state index in [0.717, 1.165) is 6.29 Å². The Morgan fingerprint density at radius 3 is 2.80 bits per heavy atom. The fourth-order valence-corrected chi connectivity index (χ4v) is 1.13. The summed E-state index contributed by atoms with van der Waals surface area (Å²) in [6.07, 6.45) is 0.696. The molecule has 0 atom stereocenters. The summed E-state index contributed by atoms with van der Waals surface area (Å²) in [6, 6.07) is 4.77. The van der Waals surface area contributed by atoms with Gasteiger partial charge in [0.1, 0.15) is 12.0 Å². The first kappa shape index (κ1) is 11.4. The van der Waals surface area contributed by atoms with Gasteiger partial charge < -0.3 is 9.84 Å². The van der Waals surface area contributed by atoms with Crippen molar-refractivity contribution in [2.75, 3.05) is 6.61 Å². The molecule has 0 radical (unpaired) electrons. The minimum atomic E-state index is -0.487. The lowest BCUT2D eigenvalue weighted by Crippen LogP contribution is -2.10. The SMILES string of the molecule is Cc1cc(C=O)ccc1OC(=O)CCO. The second kappa shape index (κ2) is 5.26. The highest BCUT2D eigenvalue weighted by Gasteiger charge is 2.06. The summed E-state index contributed by atoms with van der Waals surface area (Å²) >= 11 is 0. The molecule has 1 N–H and O–H groups in total. The van der Waals surface area contributed by atoms with E-state index in [1.807, 2.05) is 0 Å². The molecular weight excluding hydrogens is 196 g/mol. The molecule has 0 saturated heterocycles. The van der Waals surface area contributed by atoms with Gasteiger partial charge in [-0.2, -0.15) is 0 Å². The van der Waals surface area contributed by atoms with E-state index in [-0.39, 0.29) is 13.0 Å². The van der Waals surface area contributed by atoms with Crippen molar-refractivity contribution in [1.82, 2.24) is 0 Å². The van der Waals surface area contributed by atoms with E-state index in [9.17, 15) is 9.59 Å². The maximum absolute atomic E-state index is 11.1. The Hall–Kier alpha value is -1.68. The number of rotatable bonds is 4. The first-order chi connectivity index (χ1) is 7.17. The Kier molecular flexibility index (Phi) is 4.00. The summed E-state index contributed by atoms with van der Waals surface area (Å²) < 4.78 is 4.97. The molecule has 0 spiro atoms. The van der Waals surface area contributed by atoms with E-state index >= 15 is 0 Å². The second-order valence-corrected chi connectivity index (χ2v) is 3.09. The summed E-state index contributed by atoms with van der Waals surface area (Å²) in [6.45, 7) is 1.51. The zero-order chi connectivity index (χ0) is 11.3. The molecule has 0 aliphatic heterocycles. The van der Waals surface area contributed by atoms with Crippen LogP contribution in [0.3, 0.4) is 0 Å². The Labute approximate surface area is 87.5 Å². The van der Waals surface area contributed by atoms with E-state index in [1.54, 1.807) is 25.1 Å². The van der Waals surface area contributed by atoms with Gasteiger partial charge in [0, 0.05) is 5.56 Å². The number of hydrogen-bond donors (Lipinski definition) is 1. The highest BCUT2D eigenvalue weighted by molar-refractivity contribution is 5.77. The van der Waals surface area contributed by atoms with Crippen LogP contribution in [-0.2, 0) is 4.79 Å². The van der Waals surface area contributed by atoms with Crippen LogP contribution < -0.4 is 4.74 Å². The van der Waals surface area contributed by atoms with Crippen LogP contribution in [0, 0.1) is 6.92 Å². The minimum absolute atomic E-state index is 0.0329. The van der Waals surface area contributed by atoms with Crippen LogP contribution >= 0.6 is 0 Å². The third-order valence-corrected chi connectivity index (χ3v) is 1.87. The van der Waals surface area contributed by atoms with Crippen molar-refractivity contribution in [3.8, 4) is 5.75 Å². The highest BCUT2D eigenvalue weighted by Crippen LogP contribution is 2.18. The third-order valence-electron chi connectivity index (χ3n) is 1.87. The van der Waals surface area contributed by atoms with Gasteiger partial charge in [-0.3, -0.25) is 9.59 Å². The molecule has 15 heavy (non-hydrogen) atoms. The van der Waals surface area contributed by atoms with E-state index in [1.165, 1.54) is 0 Å². The van der Waals surface area contributed by atoms with Crippen LogP contribution in [0.15, 0.2) is 18.2 Å². The number of benzene rings is 1. The minimum Gasteiger partial charge on any atom is -0.426 e. The van der Waals surface area contributed by atoms with Crippen molar-refractivity contribution in [2.45, 2.75) is 13.3 Å². The van der Waals surface area contributed by atoms with Crippen LogP contribution in [-0.4, -0.2) is 24.0 Å². The van der Waals surface area contributed by atoms with Gasteiger partial charge in [-0.1, -0.05) is 0 Å². The molecule has 0 amide bonds. The largest absolute Gasteiger partial charge is 0.426 e. The first-order valence-corrected chi connectivity index (χ1v) is 4.54. The van der Waals surface area contributed by atoms with Crippen molar-refractivity contribution in [3.63, 3.8) is 0 Å². The lowest BCUT2D eigenvalue weighted by atomic mass is 10.1. The van der Waals surface area contributed by atoms with E-state index < -0.39 is 5.97 Å². The van der Waals surface area contributed by atoms with E-state index in [0.29, 0.717) is 16.9 Å². The van der Waals surface area contributed by atoms with Gasteiger partial charge in [0.25, 0.3) is 0 Å². The molecule has 4 nitrogen and oxygen atoms in total. The van der Waals surface area contributed by atoms with Crippen molar-refractivity contribution in [2.24, 2.45) is 0 Å². The number of hydrogen-bond acceptors (Lipinski definition) is 4. The van der Waals surface area contributed by atoms with Crippen LogP contribution in [0.25, 0.3) is 0 Å². The quantitative estimate of drug-likeness (QED) is 0.457. The van der Waals surface area contributed by atoms with Gasteiger partial charge in [0.05, 0.1) is 13.0 Å². The zero-order valence-electron chi connectivity index (χ0n) is 8.40. The molecule has 1 aromatic rings. The number of carbonyl (C=O) groups excluding carboxylic acids is 2. The van der Waals surface area contributed by atoms with Gasteiger partial charge in [0.2, 0.25) is 0 Å². The molecule has 0 aliphatic rings. The lowest BCUT2D eigenvalue weighted by molar-refractivity contribution is -0.135. The Bertz CT molecular complexity index is 371. The fraction of sp³-hybridized carbons (Fsp3) is 0.273. The van der Waals surface area contributed by atoms with Crippen molar-refractivity contribution < 1.29 is 19.4 Å². The summed E-state index contributed by atoms with van der Waals surface area (Å²) in [7, 11) is 0. The Balaban J connectivity index is 2.78. The maximum atomic E-state index is 11.1. The summed E-state index contributed by atoms with van der Waals surface area (Å²) in [4.78, 5) is 21.5. The Morgan fingerprint density at radius 1 is 1.53 bits per heavy atom. The predicted molar refractivity (Wildman–Crippen MR) is 53.9 cm³/mol. The molecule has 0 unspecified atom stereocenters. The van der Waals surface area contributed by atoms with Gasteiger partial charge in [-0.25, -0.2) is 0 Å². The molecule has 1 rings (SSSR count). The number of aryl methyl sites for hydroxylation is 1. The maximum Gasteiger partial charge on any atom is 0.313 e. The number of carbonyl (C=O) groups is 2. The smallest absolute Gasteiger partial charge is 0.313 e. The molecule has 4 heteroatoms. The number of ether oxygens (including phenoxy) is 1. The monoisotopic (exact) mass is 208 g/mol. The van der Waals surface area contributed by atoms with Gasteiger partial charge in [0.15, 0.2) is 0 Å². The number of aliphatic hydroxyl groups excluding tert-OH is 1. The lowest BCUT2D eigenvalue weighted by Gasteiger charge is -2.06. The van der Waals surface area contributed by atoms with Crippen molar-refractivity contribution >= 4 is 12.3 Å². The first-order valence-electron chi connectivity index (χ1n) is 4.54. The molecular formula is C11H12O4. The van der Waals surface area contributed by atoms with Gasteiger partial charge in [-0.05, 0) is 30.7 Å². The standard InChI is InChI=1S/C11H12O4/c1-8-6-9(7-13)2-3-10(8)15-11(14)4-5-12/h2-3,6-7,12H,4-5H2,1H3. The summed E-state index contributed by atoms with van der Waals surface area (Å²) in [5.74, 6) is -0.0708. The average Bonchev–Trinajstić information content (AvgIpc) is 2.21. The molecule has 0 aliphatic carbocycles. The van der Waals surface area contributed by atoms with Crippen molar-refractivity contribution in [3.05, 3.63) is 29.3 Å². The fourth-order valence-electron chi connectivity index (χ4n) is 1.13.